The highest BCUT2D eigenvalue weighted by atomic mass is 79.9. The quantitative estimate of drug-likeness (QED) is 0.572. The molecule has 2 saturated heterocycles. The van der Waals surface area contributed by atoms with Crippen LogP contribution in [0.15, 0.2) is 53.0 Å². The molecule has 0 radical (unpaired) electrons. The Balaban J connectivity index is 0.000000159. The number of para-hydroxylation sites is 1. The topological polar surface area (TPSA) is 15.3 Å². The maximum Gasteiger partial charge on any atom is 0.146 e. The van der Waals surface area contributed by atoms with E-state index in [1.807, 2.05) is 12.1 Å². The van der Waals surface area contributed by atoms with Crippen molar-refractivity contribution in [1.29, 1.82) is 0 Å². The molecule has 2 aromatic rings. The Kier molecular flexibility index (Phi) is 10.4. The van der Waals surface area contributed by atoms with Gasteiger partial charge < -0.3 is 10.2 Å². The predicted molar refractivity (Wildman–Crippen MR) is 113 cm³/mol. The first-order chi connectivity index (χ1) is 13.2. The van der Waals surface area contributed by atoms with Crippen LogP contribution in [0.3, 0.4) is 0 Å². The second-order valence-electron chi connectivity index (χ2n) is 6.72. The SMILES string of the molecule is C1CCNCC1.Fc1ccccc1Br.Fc1ccccc1N1CCCCC1. The van der Waals surface area contributed by atoms with E-state index in [0.29, 0.717) is 4.47 Å². The van der Waals surface area contributed by atoms with Gasteiger partial charge in [0.1, 0.15) is 11.6 Å². The van der Waals surface area contributed by atoms with Crippen LogP contribution in [0.5, 0.6) is 0 Å². The molecule has 2 aromatic carbocycles. The number of piperidine rings is 2. The summed E-state index contributed by atoms with van der Waals surface area (Å²) >= 11 is 3.02. The molecule has 1 N–H and O–H groups in total. The van der Waals surface area contributed by atoms with E-state index < -0.39 is 0 Å². The molecule has 5 heteroatoms. The summed E-state index contributed by atoms with van der Waals surface area (Å²) in [5.41, 5.74) is 0.766. The van der Waals surface area contributed by atoms with Crippen LogP contribution in [0.4, 0.5) is 14.5 Å². The number of hydrogen-bond acceptors (Lipinski definition) is 2. The first kappa shape index (κ1) is 21.8. The maximum atomic E-state index is 13.3. The Hall–Kier alpha value is -1.46. The minimum Gasteiger partial charge on any atom is -0.369 e. The molecule has 4 rings (SSSR count). The summed E-state index contributed by atoms with van der Waals surface area (Å²) in [6.07, 6.45) is 7.88. The number of rotatable bonds is 1. The van der Waals surface area contributed by atoms with Crippen LogP contribution >= 0.6 is 15.9 Å². The van der Waals surface area contributed by atoms with Gasteiger partial charge in [0.25, 0.3) is 0 Å². The number of benzene rings is 2. The minimum absolute atomic E-state index is 0.0931. The molecule has 2 aliphatic heterocycles. The van der Waals surface area contributed by atoms with E-state index in [4.69, 9.17) is 0 Å². The molecular weight excluding hydrogens is 410 g/mol. The standard InChI is InChI=1S/C11H14FN.C6H4BrF.C5H11N/c12-10-6-2-3-7-11(10)13-8-4-1-5-9-13;7-5-3-1-2-4-6(5)8;1-2-4-6-5-3-1/h2-3,6-7H,1,4-5,8-9H2;1-4H;6H,1-5H2. The molecule has 0 unspecified atom stereocenters. The molecule has 2 nitrogen and oxygen atoms in total. The Morgan fingerprint density at radius 2 is 1.26 bits per heavy atom. The van der Waals surface area contributed by atoms with Gasteiger partial charge >= 0.3 is 0 Å². The summed E-state index contributed by atoms with van der Waals surface area (Å²) in [4.78, 5) is 2.14. The van der Waals surface area contributed by atoms with Crippen molar-refractivity contribution in [2.45, 2.75) is 38.5 Å². The van der Waals surface area contributed by atoms with E-state index in [1.54, 1.807) is 24.3 Å². The lowest BCUT2D eigenvalue weighted by Crippen LogP contribution is -2.30. The lowest BCUT2D eigenvalue weighted by Gasteiger charge is -2.28. The molecule has 2 aliphatic rings. The zero-order chi connectivity index (χ0) is 19.3. The van der Waals surface area contributed by atoms with Crippen molar-refractivity contribution < 1.29 is 8.78 Å². The summed E-state index contributed by atoms with van der Waals surface area (Å²) in [7, 11) is 0. The van der Waals surface area contributed by atoms with Gasteiger partial charge in [0, 0.05) is 13.1 Å². The highest BCUT2D eigenvalue weighted by molar-refractivity contribution is 9.10. The lowest BCUT2D eigenvalue weighted by atomic mass is 10.1. The Morgan fingerprint density at radius 1 is 0.704 bits per heavy atom. The second kappa shape index (κ2) is 12.8. The number of hydrogen-bond donors (Lipinski definition) is 1. The van der Waals surface area contributed by atoms with E-state index in [1.165, 1.54) is 63.7 Å². The molecule has 0 bridgehead atoms. The van der Waals surface area contributed by atoms with Crippen molar-refractivity contribution in [3.05, 3.63) is 64.6 Å². The minimum atomic E-state index is -0.215. The van der Waals surface area contributed by atoms with Crippen LogP contribution in [-0.2, 0) is 0 Å². The van der Waals surface area contributed by atoms with Gasteiger partial charge in [-0.3, -0.25) is 0 Å². The van der Waals surface area contributed by atoms with Crippen LogP contribution < -0.4 is 10.2 Å². The van der Waals surface area contributed by atoms with E-state index in [0.717, 1.165) is 18.8 Å². The molecule has 27 heavy (non-hydrogen) atoms. The van der Waals surface area contributed by atoms with Gasteiger partial charge in [-0.2, -0.15) is 0 Å². The van der Waals surface area contributed by atoms with Crippen molar-refractivity contribution in [1.82, 2.24) is 5.32 Å². The molecule has 2 heterocycles. The molecule has 0 saturated carbocycles. The Labute approximate surface area is 170 Å². The zero-order valence-electron chi connectivity index (χ0n) is 15.8. The van der Waals surface area contributed by atoms with Gasteiger partial charge in [-0.15, -0.1) is 0 Å². The first-order valence-electron chi connectivity index (χ1n) is 9.78. The first-order valence-corrected chi connectivity index (χ1v) is 10.6. The average molecular weight is 439 g/mol. The number of nitrogens with zero attached hydrogens (tertiary/aromatic N) is 1. The molecule has 0 spiro atoms. The summed E-state index contributed by atoms with van der Waals surface area (Å²) in [5, 5.41) is 3.28. The van der Waals surface area contributed by atoms with Crippen LogP contribution in [0.2, 0.25) is 0 Å². The van der Waals surface area contributed by atoms with Gasteiger partial charge in [-0.05, 0) is 85.4 Å². The highest BCUT2D eigenvalue weighted by Gasteiger charge is 2.13. The van der Waals surface area contributed by atoms with Crippen LogP contribution in [-0.4, -0.2) is 26.2 Å². The molecule has 0 amide bonds. The molecule has 148 valence electrons. The van der Waals surface area contributed by atoms with Gasteiger partial charge in [-0.25, -0.2) is 8.78 Å². The highest BCUT2D eigenvalue weighted by Crippen LogP contribution is 2.22. The molecule has 0 aromatic heterocycles. The van der Waals surface area contributed by atoms with Gasteiger partial charge in [0.05, 0.1) is 10.2 Å². The van der Waals surface area contributed by atoms with Crippen molar-refractivity contribution in [2.24, 2.45) is 0 Å². The third-order valence-corrected chi connectivity index (χ3v) is 5.22. The van der Waals surface area contributed by atoms with Crippen molar-refractivity contribution in [3.8, 4) is 0 Å². The molecule has 0 aliphatic carbocycles. The Bertz CT molecular complexity index is 624. The largest absolute Gasteiger partial charge is 0.369 e. The fourth-order valence-corrected chi connectivity index (χ4v) is 3.37. The molecule has 0 atom stereocenters. The smallest absolute Gasteiger partial charge is 0.146 e. The third-order valence-electron chi connectivity index (χ3n) is 4.58. The monoisotopic (exact) mass is 438 g/mol. The number of anilines is 1. The zero-order valence-corrected chi connectivity index (χ0v) is 17.4. The average Bonchev–Trinajstić information content (AvgIpc) is 2.73. The van der Waals surface area contributed by atoms with E-state index >= 15 is 0 Å². The van der Waals surface area contributed by atoms with E-state index in [9.17, 15) is 8.78 Å². The summed E-state index contributed by atoms with van der Waals surface area (Å²) in [6.45, 7) is 4.50. The lowest BCUT2D eigenvalue weighted by molar-refractivity contribution is 0.520. The number of halogens is 3. The van der Waals surface area contributed by atoms with Crippen LogP contribution in [0.25, 0.3) is 0 Å². The van der Waals surface area contributed by atoms with E-state index in [-0.39, 0.29) is 11.6 Å². The molecule has 2 fully saturated rings. The van der Waals surface area contributed by atoms with Crippen LogP contribution in [0, 0.1) is 11.6 Å². The summed E-state index contributed by atoms with van der Waals surface area (Å²) in [5.74, 6) is -0.308. The number of nitrogens with one attached hydrogen (secondary N) is 1. The summed E-state index contributed by atoms with van der Waals surface area (Å²) < 4.78 is 26.1. The van der Waals surface area contributed by atoms with Crippen molar-refractivity contribution >= 4 is 21.6 Å². The Morgan fingerprint density at radius 3 is 1.70 bits per heavy atom. The molecular formula is C22H29BrF2N2. The fraction of sp³-hybridized carbons (Fsp3) is 0.455. The van der Waals surface area contributed by atoms with Crippen molar-refractivity contribution in [3.63, 3.8) is 0 Å². The predicted octanol–water partition coefficient (Wildman–Crippen LogP) is 6.16. The second-order valence-corrected chi connectivity index (χ2v) is 7.58. The van der Waals surface area contributed by atoms with E-state index in [2.05, 4.69) is 26.1 Å². The maximum absolute atomic E-state index is 13.3. The van der Waals surface area contributed by atoms with Gasteiger partial charge in [0.15, 0.2) is 0 Å². The van der Waals surface area contributed by atoms with Gasteiger partial charge in [0.2, 0.25) is 0 Å². The normalized spacial score (nSPS) is 16.5. The summed E-state index contributed by atoms with van der Waals surface area (Å²) in [6, 6.07) is 13.5. The van der Waals surface area contributed by atoms with Crippen molar-refractivity contribution in [2.75, 3.05) is 31.1 Å². The van der Waals surface area contributed by atoms with Gasteiger partial charge in [-0.1, -0.05) is 30.7 Å². The van der Waals surface area contributed by atoms with Crippen LogP contribution in [0.1, 0.15) is 38.5 Å². The fourth-order valence-electron chi connectivity index (χ4n) is 3.08. The third kappa shape index (κ3) is 8.39.